The van der Waals surface area contributed by atoms with Gasteiger partial charge in [0.05, 0.1) is 16.1 Å². The van der Waals surface area contributed by atoms with Crippen molar-refractivity contribution >= 4 is 29.2 Å². The molecule has 0 aromatic heterocycles. The monoisotopic (exact) mass is 367 g/mol. The van der Waals surface area contributed by atoms with Crippen LogP contribution >= 0.6 is 23.2 Å². The summed E-state index contributed by atoms with van der Waals surface area (Å²) >= 11 is 12.4. The third kappa shape index (κ3) is 2.79. The third-order valence-electron chi connectivity index (χ3n) is 5.79. The molecule has 4 nitrogen and oxygen atoms in total. The van der Waals surface area contributed by atoms with E-state index < -0.39 is 0 Å². The van der Waals surface area contributed by atoms with Crippen molar-refractivity contribution in [3.8, 4) is 0 Å². The number of nitrogens with zero attached hydrogens (tertiary/aromatic N) is 2. The zero-order chi connectivity index (χ0) is 16.8. The molecule has 1 aromatic carbocycles. The van der Waals surface area contributed by atoms with Gasteiger partial charge < -0.3 is 10.2 Å². The fourth-order valence-electron chi connectivity index (χ4n) is 4.48. The molecule has 0 bridgehead atoms. The Balaban J connectivity index is 1.47. The lowest BCUT2D eigenvalue weighted by atomic mass is 10.1. The molecule has 3 aliphatic rings. The Morgan fingerprint density at radius 3 is 2.92 bits per heavy atom. The highest BCUT2D eigenvalue weighted by Gasteiger charge is 2.37. The average molecular weight is 368 g/mol. The number of hydrogen-bond donors (Lipinski definition) is 1. The van der Waals surface area contributed by atoms with Gasteiger partial charge in [0.1, 0.15) is 0 Å². The number of carbonyl (C=O) groups excluding carboxylic acids is 1. The maximum atomic E-state index is 12.9. The van der Waals surface area contributed by atoms with Crippen molar-refractivity contribution in [2.24, 2.45) is 0 Å². The lowest BCUT2D eigenvalue weighted by molar-refractivity contribution is 0.0790. The molecule has 2 aliphatic heterocycles. The number of amides is 2. The molecule has 130 valence electrons. The van der Waals surface area contributed by atoms with E-state index >= 15 is 0 Å². The molecule has 0 spiro atoms. The maximum absolute atomic E-state index is 12.9. The molecule has 0 saturated carbocycles. The molecule has 6 heteroatoms. The van der Waals surface area contributed by atoms with Crippen molar-refractivity contribution in [3.63, 3.8) is 0 Å². The molecule has 1 aliphatic carbocycles. The van der Waals surface area contributed by atoms with Gasteiger partial charge in [-0.25, -0.2) is 4.79 Å². The van der Waals surface area contributed by atoms with E-state index in [1.165, 1.54) is 19.4 Å². The van der Waals surface area contributed by atoms with E-state index in [-0.39, 0.29) is 18.1 Å². The van der Waals surface area contributed by atoms with Crippen LogP contribution in [0.25, 0.3) is 0 Å². The van der Waals surface area contributed by atoms with Crippen LogP contribution in [-0.2, 0) is 6.42 Å². The Hall–Kier alpha value is -0.970. The number of piperazine rings is 1. The molecule has 3 unspecified atom stereocenters. The second-order valence-electron chi connectivity index (χ2n) is 7.26. The number of benzene rings is 1. The highest BCUT2D eigenvalue weighted by molar-refractivity contribution is 6.42. The van der Waals surface area contributed by atoms with Crippen molar-refractivity contribution in [3.05, 3.63) is 33.3 Å². The molecule has 2 fully saturated rings. The van der Waals surface area contributed by atoms with Crippen LogP contribution in [-0.4, -0.2) is 47.5 Å². The van der Waals surface area contributed by atoms with Gasteiger partial charge in [-0.2, -0.15) is 0 Å². The highest BCUT2D eigenvalue weighted by Crippen LogP contribution is 2.39. The number of urea groups is 1. The summed E-state index contributed by atoms with van der Waals surface area (Å²) in [5.41, 5.74) is 2.20. The van der Waals surface area contributed by atoms with Crippen LogP contribution in [0.1, 0.15) is 43.4 Å². The van der Waals surface area contributed by atoms with Crippen molar-refractivity contribution in [2.45, 2.75) is 50.7 Å². The largest absolute Gasteiger partial charge is 0.331 e. The standard InChI is InChI=1S/C18H23Cl2N3O/c1-11-9-22-8-2-3-12(22)10-23(11)18(24)21-16-7-5-14-13(16)4-6-15(19)17(14)20/h4,6,11-12,16H,2-3,5,7-10H2,1H3,(H,21,24). The summed E-state index contributed by atoms with van der Waals surface area (Å²) in [6.45, 7) is 5.15. The third-order valence-corrected chi connectivity index (χ3v) is 6.63. The second-order valence-corrected chi connectivity index (χ2v) is 8.05. The minimum atomic E-state index is 0.0380. The summed E-state index contributed by atoms with van der Waals surface area (Å²) in [6, 6.07) is 4.71. The fraction of sp³-hybridized carbons (Fsp3) is 0.611. The van der Waals surface area contributed by atoms with Gasteiger partial charge in [-0.05, 0) is 56.3 Å². The first kappa shape index (κ1) is 16.5. The Kier molecular flexibility index (Phi) is 4.40. The number of hydrogen-bond acceptors (Lipinski definition) is 2. The number of rotatable bonds is 1. The second kappa shape index (κ2) is 6.40. The van der Waals surface area contributed by atoms with E-state index in [4.69, 9.17) is 23.2 Å². The highest BCUT2D eigenvalue weighted by atomic mass is 35.5. The van der Waals surface area contributed by atoms with E-state index in [9.17, 15) is 4.79 Å². The SMILES string of the molecule is CC1CN2CCCC2CN1C(=O)NC1CCc2c1ccc(Cl)c2Cl. The summed E-state index contributed by atoms with van der Waals surface area (Å²) in [5, 5.41) is 4.46. The van der Waals surface area contributed by atoms with Gasteiger partial charge in [-0.1, -0.05) is 29.3 Å². The van der Waals surface area contributed by atoms with E-state index in [1.54, 1.807) is 0 Å². The fourth-order valence-corrected chi connectivity index (χ4v) is 4.93. The van der Waals surface area contributed by atoms with Crippen molar-refractivity contribution < 1.29 is 4.79 Å². The van der Waals surface area contributed by atoms with Gasteiger partial charge in [0.25, 0.3) is 0 Å². The lowest BCUT2D eigenvalue weighted by Crippen LogP contribution is -2.59. The molecule has 2 heterocycles. The Morgan fingerprint density at radius 1 is 1.25 bits per heavy atom. The molecular formula is C18H23Cl2N3O. The summed E-state index contributed by atoms with van der Waals surface area (Å²) in [5.74, 6) is 0. The molecule has 2 saturated heterocycles. The van der Waals surface area contributed by atoms with E-state index in [1.807, 2.05) is 17.0 Å². The van der Waals surface area contributed by atoms with E-state index in [0.29, 0.717) is 16.1 Å². The van der Waals surface area contributed by atoms with Crippen LogP contribution in [0.2, 0.25) is 10.0 Å². The molecule has 1 aromatic rings. The van der Waals surface area contributed by atoms with Crippen LogP contribution in [0.3, 0.4) is 0 Å². The van der Waals surface area contributed by atoms with Gasteiger partial charge in [-0.15, -0.1) is 0 Å². The van der Waals surface area contributed by atoms with E-state index in [2.05, 4.69) is 17.1 Å². The molecule has 4 rings (SSSR count). The predicted molar refractivity (Wildman–Crippen MR) is 96.8 cm³/mol. The Bertz CT molecular complexity index is 666. The van der Waals surface area contributed by atoms with Gasteiger partial charge in [0.2, 0.25) is 0 Å². The van der Waals surface area contributed by atoms with E-state index in [0.717, 1.165) is 37.1 Å². The number of nitrogens with one attached hydrogen (secondary N) is 1. The van der Waals surface area contributed by atoms with Gasteiger partial charge in [0.15, 0.2) is 0 Å². The van der Waals surface area contributed by atoms with Crippen LogP contribution in [0.4, 0.5) is 4.79 Å². The summed E-state index contributed by atoms with van der Waals surface area (Å²) < 4.78 is 0. The smallest absolute Gasteiger partial charge is 0.318 e. The molecular weight excluding hydrogens is 345 g/mol. The maximum Gasteiger partial charge on any atom is 0.318 e. The summed E-state index contributed by atoms with van der Waals surface area (Å²) in [6.07, 6.45) is 4.21. The minimum absolute atomic E-state index is 0.0380. The average Bonchev–Trinajstić information content (AvgIpc) is 3.17. The van der Waals surface area contributed by atoms with Gasteiger partial charge in [0, 0.05) is 25.2 Å². The minimum Gasteiger partial charge on any atom is -0.331 e. The predicted octanol–water partition coefficient (Wildman–Crippen LogP) is 3.86. The van der Waals surface area contributed by atoms with Crippen LogP contribution in [0.5, 0.6) is 0 Å². The molecule has 1 N–H and O–H groups in total. The van der Waals surface area contributed by atoms with Crippen molar-refractivity contribution in [1.82, 2.24) is 15.1 Å². The van der Waals surface area contributed by atoms with Crippen molar-refractivity contribution in [1.29, 1.82) is 0 Å². The number of fused-ring (bicyclic) bond motifs is 2. The topological polar surface area (TPSA) is 35.6 Å². The zero-order valence-electron chi connectivity index (χ0n) is 13.9. The lowest BCUT2D eigenvalue weighted by Gasteiger charge is -2.42. The zero-order valence-corrected chi connectivity index (χ0v) is 15.4. The van der Waals surface area contributed by atoms with Gasteiger partial charge >= 0.3 is 6.03 Å². The number of carbonyl (C=O) groups is 1. The molecule has 0 radical (unpaired) electrons. The van der Waals surface area contributed by atoms with Gasteiger partial charge in [-0.3, -0.25) is 4.90 Å². The number of halogens is 2. The van der Waals surface area contributed by atoms with Crippen LogP contribution in [0, 0.1) is 0 Å². The molecule has 3 atom stereocenters. The first-order valence-electron chi connectivity index (χ1n) is 8.82. The Labute approximate surface area is 153 Å². The van der Waals surface area contributed by atoms with Crippen LogP contribution < -0.4 is 5.32 Å². The van der Waals surface area contributed by atoms with Crippen molar-refractivity contribution in [2.75, 3.05) is 19.6 Å². The normalized spacial score (nSPS) is 29.5. The summed E-state index contributed by atoms with van der Waals surface area (Å²) in [7, 11) is 0. The molecule has 2 amide bonds. The molecule has 24 heavy (non-hydrogen) atoms. The first-order chi connectivity index (χ1) is 11.5. The summed E-state index contributed by atoms with van der Waals surface area (Å²) in [4.78, 5) is 17.4. The Morgan fingerprint density at radius 2 is 2.08 bits per heavy atom. The van der Waals surface area contributed by atoms with Crippen LogP contribution in [0.15, 0.2) is 12.1 Å². The quantitative estimate of drug-likeness (QED) is 0.817. The first-order valence-corrected chi connectivity index (χ1v) is 9.58.